The van der Waals surface area contributed by atoms with Crippen LogP contribution < -0.4 is 0 Å². The number of sulfone groups is 1. The second kappa shape index (κ2) is 9.07. The van der Waals surface area contributed by atoms with E-state index in [0.29, 0.717) is 13.1 Å². The molecule has 0 aliphatic carbocycles. The molecule has 3 rings (SSSR count). The highest BCUT2D eigenvalue weighted by Crippen LogP contribution is 2.23. The first kappa shape index (κ1) is 23.4. The highest BCUT2D eigenvalue weighted by molar-refractivity contribution is 7.90. The van der Waals surface area contributed by atoms with E-state index in [2.05, 4.69) is 0 Å². The van der Waals surface area contributed by atoms with E-state index in [-0.39, 0.29) is 25.9 Å². The Bertz CT molecular complexity index is 1220. The molecule has 1 aliphatic rings. The monoisotopic (exact) mass is 485 g/mol. The molecule has 2 aromatic rings. The third-order valence-electron chi connectivity index (χ3n) is 4.78. The van der Waals surface area contributed by atoms with Gasteiger partial charge in [0.2, 0.25) is 10.0 Å². The second-order valence-corrected chi connectivity index (χ2v) is 11.4. The summed E-state index contributed by atoms with van der Waals surface area (Å²) in [7, 11) is -7.23. The fraction of sp³-hybridized carbons (Fsp3) is 0.300. The van der Waals surface area contributed by atoms with Gasteiger partial charge >= 0.3 is 5.97 Å². The lowest BCUT2D eigenvalue weighted by atomic mass is 10.1. The Balaban J connectivity index is 1.66. The first-order valence-corrected chi connectivity index (χ1v) is 13.0. The van der Waals surface area contributed by atoms with Crippen molar-refractivity contribution in [2.24, 2.45) is 0 Å². The van der Waals surface area contributed by atoms with Crippen LogP contribution in [-0.4, -0.2) is 58.8 Å². The highest BCUT2D eigenvalue weighted by Gasteiger charge is 2.27. The lowest BCUT2D eigenvalue weighted by Gasteiger charge is -2.15. The third-order valence-corrected chi connectivity index (χ3v) is 8.27. The number of ether oxygens (including phenoxy) is 1. The summed E-state index contributed by atoms with van der Waals surface area (Å²) in [5, 5.41) is -0.0286. The van der Waals surface area contributed by atoms with Gasteiger partial charge in [0, 0.05) is 24.9 Å². The third kappa shape index (κ3) is 5.32. The SMILES string of the molecule is CS(=O)(=O)c1cc(C(=O)OCC(=O)c2ccc(S(=O)(=O)N3CCCC3)cc2)ccc1Cl. The molecule has 0 radical (unpaired) electrons. The number of halogens is 1. The van der Waals surface area contributed by atoms with E-state index in [1.54, 1.807) is 0 Å². The minimum Gasteiger partial charge on any atom is -0.454 e. The molecule has 0 spiro atoms. The van der Waals surface area contributed by atoms with Crippen LogP contribution in [0.15, 0.2) is 52.3 Å². The molecule has 31 heavy (non-hydrogen) atoms. The zero-order valence-electron chi connectivity index (χ0n) is 16.6. The van der Waals surface area contributed by atoms with Crippen LogP contribution in [0.5, 0.6) is 0 Å². The van der Waals surface area contributed by atoms with Crippen LogP contribution in [0.4, 0.5) is 0 Å². The molecule has 0 aromatic heterocycles. The summed E-state index contributed by atoms with van der Waals surface area (Å²) >= 11 is 5.85. The van der Waals surface area contributed by atoms with Crippen molar-refractivity contribution in [2.45, 2.75) is 22.6 Å². The quantitative estimate of drug-likeness (QED) is 0.437. The van der Waals surface area contributed by atoms with Crippen LogP contribution in [0, 0.1) is 0 Å². The standard InChI is InChI=1S/C20H20ClNO7S2/c1-30(25,26)19-12-15(6-9-17(19)21)20(24)29-13-18(23)14-4-7-16(8-5-14)31(27,28)22-10-2-3-11-22/h4-9,12H,2-3,10-11,13H2,1H3. The number of ketones is 1. The number of nitrogens with zero attached hydrogens (tertiary/aromatic N) is 1. The van der Waals surface area contributed by atoms with Crippen molar-refractivity contribution < 1.29 is 31.2 Å². The Morgan fingerprint density at radius 1 is 0.968 bits per heavy atom. The first-order valence-electron chi connectivity index (χ1n) is 9.30. The number of esters is 1. The predicted octanol–water partition coefficient (Wildman–Crippen LogP) is 2.57. The molecule has 1 fully saturated rings. The maximum Gasteiger partial charge on any atom is 0.338 e. The van der Waals surface area contributed by atoms with Crippen molar-refractivity contribution in [1.29, 1.82) is 0 Å². The average molecular weight is 486 g/mol. The summed E-state index contributed by atoms with van der Waals surface area (Å²) in [5.41, 5.74) is 0.116. The molecular weight excluding hydrogens is 466 g/mol. The summed E-state index contributed by atoms with van der Waals surface area (Å²) in [5.74, 6) is -1.42. The number of carbonyl (C=O) groups is 2. The second-order valence-electron chi connectivity index (χ2n) is 7.05. The van der Waals surface area contributed by atoms with Gasteiger partial charge in [-0.2, -0.15) is 4.31 Å². The molecule has 8 nitrogen and oxygen atoms in total. The summed E-state index contributed by atoms with van der Waals surface area (Å²) in [6, 6.07) is 9.06. The van der Waals surface area contributed by atoms with Crippen LogP contribution in [-0.2, 0) is 24.6 Å². The van der Waals surface area contributed by atoms with Crippen LogP contribution in [0.1, 0.15) is 33.6 Å². The van der Waals surface area contributed by atoms with Crippen LogP contribution in [0.25, 0.3) is 0 Å². The van der Waals surface area contributed by atoms with E-state index in [0.717, 1.165) is 25.2 Å². The summed E-state index contributed by atoms with van der Waals surface area (Å²) in [6.45, 7) is 0.364. The van der Waals surface area contributed by atoms with E-state index < -0.39 is 38.2 Å². The molecule has 0 bridgehead atoms. The first-order chi connectivity index (χ1) is 14.5. The zero-order chi connectivity index (χ0) is 22.8. The van der Waals surface area contributed by atoms with Crippen LogP contribution >= 0.6 is 11.6 Å². The Morgan fingerprint density at radius 2 is 1.55 bits per heavy atom. The van der Waals surface area contributed by atoms with Gasteiger partial charge in [-0.05, 0) is 55.3 Å². The predicted molar refractivity (Wildman–Crippen MR) is 114 cm³/mol. The maximum absolute atomic E-state index is 12.5. The number of sulfonamides is 1. The molecule has 0 atom stereocenters. The number of Topliss-reactive ketones (excluding diaryl/α,β-unsaturated/α-hetero) is 1. The normalized spacial score (nSPS) is 15.0. The van der Waals surface area contributed by atoms with Crippen molar-refractivity contribution in [1.82, 2.24) is 4.31 Å². The summed E-state index contributed by atoms with van der Waals surface area (Å²) in [6.07, 6.45) is 2.60. The Labute approximate surface area is 185 Å². The molecule has 0 saturated carbocycles. The fourth-order valence-electron chi connectivity index (χ4n) is 3.10. The Kier molecular flexibility index (Phi) is 6.85. The molecule has 1 saturated heterocycles. The minimum absolute atomic E-state index is 0.0286. The van der Waals surface area contributed by atoms with E-state index in [4.69, 9.17) is 16.3 Å². The smallest absolute Gasteiger partial charge is 0.338 e. The van der Waals surface area contributed by atoms with E-state index in [1.165, 1.54) is 40.7 Å². The van der Waals surface area contributed by atoms with Gasteiger partial charge in [0.05, 0.1) is 20.4 Å². The number of hydrogen-bond acceptors (Lipinski definition) is 7. The van der Waals surface area contributed by atoms with Gasteiger partial charge in [0.1, 0.15) is 0 Å². The van der Waals surface area contributed by atoms with E-state index in [1.807, 2.05) is 0 Å². The van der Waals surface area contributed by atoms with E-state index in [9.17, 15) is 26.4 Å². The molecule has 0 unspecified atom stereocenters. The molecule has 1 aliphatic heterocycles. The fourth-order valence-corrected chi connectivity index (χ4v) is 5.92. The zero-order valence-corrected chi connectivity index (χ0v) is 19.0. The van der Waals surface area contributed by atoms with Crippen molar-refractivity contribution in [3.63, 3.8) is 0 Å². The van der Waals surface area contributed by atoms with Gasteiger partial charge in [0.25, 0.3) is 0 Å². The maximum atomic E-state index is 12.5. The molecule has 1 heterocycles. The van der Waals surface area contributed by atoms with Gasteiger partial charge in [-0.1, -0.05) is 11.6 Å². The van der Waals surface area contributed by atoms with Gasteiger partial charge in [-0.3, -0.25) is 4.79 Å². The van der Waals surface area contributed by atoms with E-state index >= 15 is 0 Å². The Hall–Kier alpha value is -2.27. The minimum atomic E-state index is -3.65. The van der Waals surface area contributed by atoms with Gasteiger partial charge in [-0.25, -0.2) is 21.6 Å². The molecule has 0 N–H and O–H groups in total. The summed E-state index contributed by atoms with van der Waals surface area (Å²) in [4.78, 5) is 24.4. The van der Waals surface area contributed by atoms with Gasteiger partial charge < -0.3 is 4.74 Å². The summed E-state index contributed by atoms with van der Waals surface area (Å²) < 4.78 is 54.9. The number of hydrogen-bond donors (Lipinski definition) is 0. The highest BCUT2D eigenvalue weighted by atomic mass is 35.5. The van der Waals surface area contributed by atoms with Crippen molar-refractivity contribution in [3.05, 3.63) is 58.6 Å². The lowest BCUT2D eigenvalue weighted by Crippen LogP contribution is -2.27. The van der Waals surface area contributed by atoms with Crippen LogP contribution in [0.2, 0.25) is 5.02 Å². The molecular formula is C20H20ClNO7S2. The molecule has 11 heteroatoms. The van der Waals surface area contributed by atoms with Crippen molar-refractivity contribution >= 4 is 43.2 Å². The number of carbonyl (C=O) groups excluding carboxylic acids is 2. The largest absolute Gasteiger partial charge is 0.454 e. The number of benzene rings is 2. The topological polar surface area (TPSA) is 115 Å². The van der Waals surface area contributed by atoms with Gasteiger partial charge in [0.15, 0.2) is 22.2 Å². The van der Waals surface area contributed by atoms with Crippen molar-refractivity contribution in [3.8, 4) is 0 Å². The Morgan fingerprint density at radius 3 is 2.13 bits per heavy atom. The molecule has 0 amide bonds. The van der Waals surface area contributed by atoms with Crippen molar-refractivity contribution in [2.75, 3.05) is 26.0 Å². The van der Waals surface area contributed by atoms with Crippen LogP contribution in [0.3, 0.4) is 0 Å². The molecule has 166 valence electrons. The average Bonchev–Trinajstić information content (AvgIpc) is 3.27. The lowest BCUT2D eigenvalue weighted by molar-refractivity contribution is 0.0474. The molecule has 2 aromatic carbocycles. The van der Waals surface area contributed by atoms with Gasteiger partial charge in [-0.15, -0.1) is 0 Å². The number of rotatable bonds is 7.